The van der Waals surface area contributed by atoms with Crippen LogP contribution in [0.25, 0.3) is 0 Å². The van der Waals surface area contributed by atoms with Gasteiger partial charge in [-0.15, -0.1) is 0 Å². The minimum atomic E-state index is -0.213. The molecule has 6 heteroatoms. The van der Waals surface area contributed by atoms with Crippen molar-refractivity contribution in [3.63, 3.8) is 0 Å². The van der Waals surface area contributed by atoms with E-state index in [4.69, 9.17) is 4.52 Å². The summed E-state index contributed by atoms with van der Waals surface area (Å²) in [7, 11) is 0. The maximum absolute atomic E-state index is 12.1. The van der Waals surface area contributed by atoms with Gasteiger partial charge in [0.1, 0.15) is 0 Å². The van der Waals surface area contributed by atoms with E-state index in [0.29, 0.717) is 18.3 Å². The van der Waals surface area contributed by atoms with E-state index in [9.17, 15) is 4.79 Å². The lowest BCUT2D eigenvalue weighted by molar-refractivity contribution is -0.134. The maximum atomic E-state index is 12.1. The molecular formula is C12H20N4O2. The average molecular weight is 252 g/mol. The van der Waals surface area contributed by atoms with Gasteiger partial charge >= 0.3 is 0 Å². The molecule has 1 aromatic rings. The largest absolute Gasteiger partial charge is 0.341 e. The predicted molar refractivity (Wildman–Crippen MR) is 65.8 cm³/mol. The molecule has 0 saturated carbocycles. The maximum Gasteiger partial charge on any atom is 0.240 e. The number of amides is 1. The van der Waals surface area contributed by atoms with Gasteiger partial charge in [0, 0.05) is 13.1 Å². The van der Waals surface area contributed by atoms with Crippen LogP contribution in [0.2, 0.25) is 0 Å². The Balaban J connectivity index is 1.79. The fourth-order valence-corrected chi connectivity index (χ4v) is 2.13. The Hall–Kier alpha value is -1.43. The Bertz CT molecular complexity index is 399. The average Bonchev–Trinajstić information content (AvgIpc) is 2.82. The Morgan fingerprint density at radius 2 is 2.17 bits per heavy atom. The molecule has 1 unspecified atom stereocenters. The second kappa shape index (κ2) is 5.95. The number of piperidine rings is 1. The van der Waals surface area contributed by atoms with Crippen LogP contribution in [0.3, 0.4) is 0 Å². The number of rotatable bonds is 4. The summed E-state index contributed by atoms with van der Waals surface area (Å²) in [6.07, 6.45) is 3.45. The van der Waals surface area contributed by atoms with Crippen molar-refractivity contribution in [3.8, 4) is 0 Å². The first-order chi connectivity index (χ1) is 8.66. The topological polar surface area (TPSA) is 71.3 Å². The van der Waals surface area contributed by atoms with Crippen molar-refractivity contribution in [2.24, 2.45) is 0 Å². The van der Waals surface area contributed by atoms with Gasteiger partial charge in [-0.3, -0.25) is 10.1 Å². The molecule has 1 amide bonds. The number of nitrogens with one attached hydrogen (secondary N) is 1. The highest BCUT2D eigenvalue weighted by molar-refractivity contribution is 5.81. The number of aryl methyl sites for hydroxylation is 1. The molecular weight excluding hydrogens is 232 g/mol. The smallest absolute Gasteiger partial charge is 0.240 e. The molecule has 100 valence electrons. The molecule has 2 heterocycles. The molecule has 18 heavy (non-hydrogen) atoms. The van der Waals surface area contributed by atoms with Crippen LogP contribution in [0.1, 0.15) is 37.9 Å². The molecule has 0 spiro atoms. The van der Waals surface area contributed by atoms with Crippen molar-refractivity contribution >= 4 is 5.91 Å². The third kappa shape index (κ3) is 3.29. The Kier molecular flexibility index (Phi) is 4.30. The van der Waals surface area contributed by atoms with Crippen LogP contribution in [0.15, 0.2) is 4.52 Å². The van der Waals surface area contributed by atoms with E-state index in [1.54, 1.807) is 6.92 Å². The fourth-order valence-electron chi connectivity index (χ4n) is 2.13. The Labute approximate surface area is 107 Å². The van der Waals surface area contributed by atoms with Crippen LogP contribution < -0.4 is 5.32 Å². The first-order valence-electron chi connectivity index (χ1n) is 6.48. The lowest BCUT2D eigenvalue weighted by atomic mass is 10.1. The van der Waals surface area contributed by atoms with E-state index >= 15 is 0 Å². The van der Waals surface area contributed by atoms with Crippen molar-refractivity contribution in [1.82, 2.24) is 20.4 Å². The van der Waals surface area contributed by atoms with Gasteiger partial charge in [-0.1, -0.05) is 5.16 Å². The summed E-state index contributed by atoms with van der Waals surface area (Å²) in [6.45, 7) is 5.84. The summed E-state index contributed by atoms with van der Waals surface area (Å²) >= 11 is 0. The number of hydrogen-bond acceptors (Lipinski definition) is 5. The zero-order valence-corrected chi connectivity index (χ0v) is 11.0. The lowest BCUT2D eigenvalue weighted by Crippen LogP contribution is -2.46. The number of hydrogen-bond donors (Lipinski definition) is 1. The first-order valence-corrected chi connectivity index (χ1v) is 6.48. The zero-order chi connectivity index (χ0) is 13.0. The van der Waals surface area contributed by atoms with Crippen molar-refractivity contribution in [3.05, 3.63) is 11.7 Å². The molecule has 0 aliphatic carbocycles. The van der Waals surface area contributed by atoms with Gasteiger partial charge in [0.2, 0.25) is 11.8 Å². The fraction of sp³-hybridized carbons (Fsp3) is 0.750. The molecule has 6 nitrogen and oxygen atoms in total. The van der Waals surface area contributed by atoms with E-state index in [1.165, 1.54) is 6.42 Å². The van der Waals surface area contributed by atoms with Crippen LogP contribution in [-0.4, -0.2) is 40.1 Å². The monoisotopic (exact) mass is 252 g/mol. The van der Waals surface area contributed by atoms with E-state index in [2.05, 4.69) is 15.5 Å². The molecule has 1 aliphatic rings. The predicted octanol–water partition coefficient (Wildman–Crippen LogP) is 0.869. The molecule has 1 fully saturated rings. The summed E-state index contributed by atoms with van der Waals surface area (Å²) < 4.78 is 4.99. The standard InChI is InChI=1S/C12H20N4O2/c1-9(12(17)16-6-4-3-5-7-16)13-8-11-14-10(2)15-18-11/h9,13H,3-8H2,1-2H3. The normalized spacial score (nSPS) is 17.8. The van der Waals surface area contributed by atoms with Gasteiger partial charge in [0.15, 0.2) is 5.82 Å². The molecule has 1 N–H and O–H groups in total. The molecule has 1 atom stereocenters. The summed E-state index contributed by atoms with van der Waals surface area (Å²) in [6, 6.07) is -0.213. The number of carbonyl (C=O) groups excluding carboxylic acids is 1. The van der Waals surface area contributed by atoms with Gasteiger partial charge in [-0.05, 0) is 33.1 Å². The number of nitrogens with zero attached hydrogens (tertiary/aromatic N) is 3. The van der Waals surface area contributed by atoms with Gasteiger partial charge in [0.05, 0.1) is 12.6 Å². The summed E-state index contributed by atoms with van der Waals surface area (Å²) in [5.41, 5.74) is 0. The van der Waals surface area contributed by atoms with E-state index in [-0.39, 0.29) is 11.9 Å². The lowest BCUT2D eigenvalue weighted by Gasteiger charge is -2.29. The molecule has 1 aromatic heterocycles. The van der Waals surface area contributed by atoms with Crippen LogP contribution in [-0.2, 0) is 11.3 Å². The first kappa shape index (κ1) is 13.0. The molecule has 0 bridgehead atoms. The summed E-state index contributed by atoms with van der Waals surface area (Å²) in [5, 5.41) is 6.83. The quantitative estimate of drug-likeness (QED) is 0.861. The Morgan fingerprint density at radius 1 is 1.44 bits per heavy atom. The molecule has 1 aliphatic heterocycles. The highest BCUT2D eigenvalue weighted by Gasteiger charge is 2.22. The summed E-state index contributed by atoms with van der Waals surface area (Å²) in [4.78, 5) is 18.1. The van der Waals surface area contributed by atoms with Crippen molar-refractivity contribution in [2.75, 3.05) is 13.1 Å². The van der Waals surface area contributed by atoms with Crippen LogP contribution >= 0.6 is 0 Å². The summed E-state index contributed by atoms with van der Waals surface area (Å²) in [5.74, 6) is 1.29. The molecule has 1 saturated heterocycles. The van der Waals surface area contributed by atoms with E-state index in [0.717, 1.165) is 25.9 Å². The van der Waals surface area contributed by atoms with Gasteiger partial charge < -0.3 is 9.42 Å². The van der Waals surface area contributed by atoms with Gasteiger partial charge in [0.25, 0.3) is 0 Å². The zero-order valence-electron chi connectivity index (χ0n) is 11.0. The van der Waals surface area contributed by atoms with Crippen LogP contribution in [0, 0.1) is 6.92 Å². The van der Waals surface area contributed by atoms with Gasteiger partial charge in [-0.25, -0.2) is 0 Å². The minimum absolute atomic E-state index is 0.158. The van der Waals surface area contributed by atoms with Crippen molar-refractivity contribution in [2.45, 2.75) is 45.7 Å². The van der Waals surface area contributed by atoms with Gasteiger partial charge in [-0.2, -0.15) is 4.98 Å². The SMILES string of the molecule is Cc1noc(CNC(C)C(=O)N2CCCCC2)n1. The number of likely N-dealkylation sites (tertiary alicyclic amines) is 1. The highest BCUT2D eigenvalue weighted by Crippen LogP contribution is 2.10. The number of aromatic nitrogens is 2. The molecule has 0 aromatic carbocycles. The van der Waals surface area contributed by atoms with E-state index in [1.807, 2.05) is 11.8 Å². The van der Waals surface area contributed by atoms with Crippen LogP contribution in [0.5, 0.6) is 0 Å². The number of carbonyl (C=O) groups is 1. The van der Waals surface area contributed by atoms with Crippen molar-refractivity contribution in [1.29, 1.82) is 0 Å². The Morgan fingerprint density at radius 3 is 2.78 bits per heavy atom. The molecule has 0 radical (unpaired) electrons. The third-order valence-corrected chi connectivity index (χ3v) is 3.17. The second-order valence-electron chi connectivity index (χ2n) is 4.72. The van der Waals surface area contributed by atoms with E-state index < -0.39 is 0 Å². The third-order valence-electron chi connectivity index (χ3n) is 3.17. The second-order valence-corrected chi connectivity index (χ2v) is 4.72. The van der Waals surface area contributed by atoms with Crippen molar-refractivity contribution < 1.29 is 9.32 Å². The minimum Gasteiger partial charge on any atom is -0.341 e. The van der Waals surface area contributed by atoms with Crippen LogP contribution in [0.4, 0.5) is 0 Å². The highest BCUT2D eigenvalue weighted by atomic mass is 16.5. The molecule has 2 rings (SSSR count).